The van der Waals surface area contributed by atoms with Gasteiger partial charge in [-0.1, -0.05) is 25.1 Å². The van der Waals surface area contributed by atoms with Crippen LogP contribution in [0.3, 0.4) is 0 Å². The molecule has 1 aliphatic rings. The molecule has 1 heterocycles. The van der Waals surface area contributed by atoms with Gasteiger partial charge in [-0.05, 0) is 62.0 Å². The Balaban J connectivity index is 1.99. The molecular formula is C21H19FN2O3S. The first-order chi connectivity index (χ1) is 13.4. The Hall–Kier alpha value is -3.06. The van der Waals surface area contributed by atoms with Gasteiger partial charge >= 0.3 is 0 Å². The number of rotatable bonds is 5. The van der Waals surface area contributed by atoms with Gasteiger partial charge in [0.05, 0.1) is 11.8 Å². The number of thiocarbonyl (C=S) groups is 1. The van der Waals surface area contributed by atoms with Crippen LogP contribution in [-0.2, 0) is 9.59 Å². The predicted octanol–water partition coefficient (Wildman–Crippen LogP) is 3.83. The minimum absolute atomic E-state index is 0.0151. The normalized spacial score (nSPS) is 16.9. The molecule has 1 fully saturated rings. The number of nitrogens with zero attached hydrogens (tertiary/aromatic N) is 1. The van der Waals surface area contributed by atoms with Crippen LogP contribution in [0.2, 0.25) is 0 Å². The maximum Gasteiger partial charge on any atom is 0.270 e. The van der Waals surface area contributed by atoms with Gasteiger partial charge in [-0.3, -0.25) is 19.8 Å². The number of anilines is 1. The molecule has 0 unspecified atom stereocenters. The zero-order valence-corrected chi connectivity index (χ0v) is 16.3. The number of carbonyl (C=O) groups is 2. The third-order valence-electron chi connectivity index (χ3n) is 4.31. The second-order valence-electron chi connectivity index (χ2n) is 6.31. The predicted molar refractivity (Wildman–Crippen MR) is 109 cm³/mol. The highest BCUT2D eigenvalue weighted by Gasteiger charge is 2.34. The van der Waals surface area contributed by atoms with Crippen molar-refractivity contribution < 1.29 is 18.7 Å². The maximum atomic E-state index is 13.2. The molecule has 1 atom stereocenters. The Morgan fingerprint density at radius 2 is 1.86 bits per heavy atom. The zero-order chi connectivity index (χ0) is 20.3. The first kappa shape index (κ1) is 19.7. The van der Waals surface area contributed by atoms with E-state index < -0.39 is 17.6 Å². The molecule has 2 amide bonds. The number of amides is 2. The van der Waals surface area contributed by atoms with E-state index in [0.29, 0.717) is 17.0 Å². The third kappa shape index (κ3) is 4.09. The molecule has 1 saturated heterocycles. The molecule has 0 spiro atoms. The first-order valence-corrected chi connectivity index (χ1v) is 9.24. The first-order valence-electron chi connectivity index (χ1n) is 8.83. The van der Waals surface area contributed by atoms with Crippen LogP contribution in [0.15, 0.2) is 54.1 Å². The molecule has 7 heteroatoms. The molecule has 0 radical (unpaired) electrons. The number of ether oxygens (including phenoxy) is 1. The lowest BCUT2D eigenvalue weighted by Crippen LogP contribution is -2.54. The molecule has 0 bridgehead atoms. The Morgan fingerprint density at radius 3 is 2.54 bits per heavy atom. The van der Waals surface area contributed by atoms with E-state index in [-0.39, 0.29) is 16.8 Å². The summed E-state index contributed by atoms with van der Waals surface area (Å²) in [6, 6.07) is 12.5. The highest BCUT2D eigenvalue weighted by molar-refractivity contribution is 7.80. The third-order valence-corrected chi connectivity index (χ3v) is 4.59. The monoisotopic (exact) mass is 398 g/mol. The van der Waals surface area contributed by atoms with Crippen LogP contribution in [0, 0.1) is 5.82 Å². The van der Waals surface area contributed by atoms with Crippen molar-refractivity contribution in [3.05, 3.63) is 65.5 Å². The fourth-order valence-electron chi connectivity index (χ4n) is 2.64. The average Bonchev–Trinajstić information content (AvgIpc) is 2.67. The van der Waals surface area contributed by atoms with Gasteiger partial charge in [-0.25, -0.2) is 4.39 Å². The second kappa shape index (κ2) is 8.31. The average molecular weight is 398 g/mol. The summed E-state index contributed by atoms with van der Waals surface area (Å²) >= 11 is 5.14. The summed E-state index contributed by atoms with van der Waals surface area (Å²) in [7, 11) is 0. The van der Waals surface area contributed by atoms with Gasteiger partial charge in [0, 0.05) is 5.56 Å². The summed E-state index contributed by atoms with van der Waals surface area (Å²) in [6.45, 7) is 3.95. The van der Waals surface area contributed by atoms with E-state index in [0.717, 1.165) is 6.42 Å². The van der Waals surface area contributed by atoms with Crippen LogP contribution < -0.4 is 15.0 Å². The lowest BCUT2D eigenvalue weighted by molar-refractivity contribution is -0.122. The van der Waals surface area contributed by atoms with Crippen molar-refractivity contribution in [2.24, 2.45) is 0 Å². The summed E-state index contributed by atoms with van der Waals surface area (Å²) in [5, 5.41) is 2.46. The number of benzene rings is 2. The zero-order valence-electron chi connectivity index (χ0n) is 15.4. The molecule has 2 aromatic carbocycles. The molecule has 5 nitrogen and oxygen atoms in total. The SMILES string of the molecule is CC[C@H](C)Oc1ccccc1/C=C1/C(=O)NC(=S)N(c2ccc(F)cc2)C1=O. The molecule has 2 aromatic rings. The number of halogens is 1. The number of para-hydroxylation sites is 1. The highest BCUT2D eigenvalue weighted by Crippen LogP contribution is 2.26. The van der Waals surface area contributed by atoms with Gasteiger partial charge in [0.1, 0.15) is 17.1 Å². The largest absolute Gasteiger partial charge is 0.490 e. The van der Waals surface area contributed by atoms with Crippen molar-refractivity contribution >= 4 is 40.9 Å². The van der Waals surface area contributed by atoms with Gasteiger partial charge in [0.2, 0.25) is 0 Å². The van der Waals surface area contributed by atoms with Gasteiger partial charge in [0.15, 0.2) is 5.11 Å². The van der Waals surface area contributed by atoms with Crippen molar-refractivity contribution in [1.82, 2.24) is 5.32 Å². The van der Waals surface area contributed by atoms with Gasteiger partial charge in [0.25, 0.3) is 11.8 Å². The van der Waals surface area contributed by atoms with Gasteiger partial charge in [-0.2, -0.15) is 0 Å². The lowest BCUT2D eigenvalue weighted by atomic mass is 10.1. The van der Waals surface area contributed by atoms with E-state index in [2.05, 4.69) is 5.32 Å². The highest BCUT2D eigenvalue weighted by atomic mass is 32.1. The second-order valence-corrected chi connectivity index (χ2v) is 6.70. The van der Waals surface area contributed by atoms with E-state index >= 15 is 0 Å². The van der Waals surface area contributed by atoms with Crippen LogP contribution in [0.25, 0.3) is 6.08 Å². The van der Waals surface area contributed by atoms with Crippen molar-refractivity contribution in [3.8, 4) is 5.75 Å². The van der Waals surface area contributed by atoms with Crippen molar-refractivity contribution in [1.29, 1.82) is 0 Å². The fraction of sp³-hybridized carbons (Fsp3) is 0.190. The molecule has 0 saturated carbocycles. The number of hydrogen-bond acceptors (Lipinski definition) is 4. The summed E-state index contributed by atoms with van der Waals surface area (Å²) < 4.78 is 19.1. The maximum absolute atomic E-state index is 13.2. The minimum atomic E-state index is -0.591. The number of carbonyl (C=O) groups excluding carboxylic acids is 2. The summed E-state index contributed by atoms with van der Waals surface area (Å²) in [5.41, 5.74) is 0.887. The van der Waals surface area contributed by atoms with E-state index in [1.54, 1.807) is 18.2 Å². The molecule has 3 rings (SSSR count). The van der Waals surface area contributed by atoms with Crippen LogP contribution in [-0.4, -0.2) is 23.0 Å². The van der Waals surface area contributed by atoms with Crippen LogP contribution >= 0.6 is 12.2 Å². The molecule has 1 N–H and O–H groups in total. The molecule has 0 aromatic heterocycles. The lowest BCUT2D eigenvalue weighted by Gasteiger charge is -2.29. The topological polar surface area (TPSA) is 58.6 Å². The Kier molecular flexibility index (Phi) is 5.84. The van der Waals surface area contributed by atoms with Gasteiger partial charge < -0.3 is 4.74 Å². The standard InChI is InChI=1S/C21H19FN2O3S/c1-3-13(2)27-18-7-5-4-6-14(18)12-17-19(25)23-21(28)24(20(17)26)16-10-8-15(22)9-11-16/h4-13H,3H2,1-2H3,(H,23,25,28)/b17-12-/t13-/m0/s1. The van der Waals surface area contributed by atoms with Crippen molar-refractivity contribution in [2.45, 2.75) is 26.4 Å². The minimum Gasteiger partial charge on any atom is -0.490 e. The van der Waals surface area contributed by atoms with E-state index in [4.69, 9.17) is 17.0 Å². The summed E-state index contributed by atoms with van der Waals surface area (Å²) in [6.07, 6.45) is 2.28. The van der Waals surface area contributed by atoms with E-state index in [1.807, 2.05) is 19.9 Å². The molecule has 0 aliphatic carbocycles. The Morgan fingerprint density at radius 1 is 1.18 bits per heavy atom. The molecule has 144 valence electrons. The van der Waals surface area contributed by atoms with Crippen LogP contribution in [0.1, 0.15) is 25.8 Å². The molecular weight excluding hydrogens is 379 g/mol. The smallest absolute Gasteiger partial charge is 0.270 e. The van der Waals surface area contributed by atoms with E-state index in [1.165, 1.54) is 35.2 Å². The summed E-state index contributed by atoms with van der Waals surface area (Å²) in [5.74, 6) is -1.04. The quantitative estimate of drug-likeness (QED) is 0.472. The molecule has 28 heavy (non-hydrogen) atoms. The van der Waals surface area contributed by atoms with Crippen LogP contribution in [0.4, 0.5) is 10.1 Å². The van der Waals surface area contributed by atoms with Crippen molar-refractivity contribution in [2.75, 3.05) is 4.90 Å². The van der Waals surface area contributed by atoms with E-state index in [9.17, 15) is 14.0 Å². The number of hydrogen-bond donors (Lipinski definition) is 1. The molecule has 1 aliphatic heterocycles. The Bertz CT molecular complexity index is 956. The van der Waals surface area contributed by atoms with Gasteiger partial charge in [-0.15, -0.1) is 0 Å². The number of nitrogens with one attached hydrogen (secondary N) is 1. The van der Waals surface area contributed by atoms with Crippen LogP contribution in [0.5, 0.6) is 5.75 Å². The summed E-state index contributed by atoms with van der Waals surface area (Å²) in [4.78, 5) is 26.6. The Labute approximate surface area is 167 Å². The fourth-order valence-corrected chi connectivity index (χ4v) is 2.93. The van der Waals surface area contributed by atoms with Crippen molar-refractivity contribution in [3.63, 3.8) is 0 Å².